The van der Waals surface area contributed by atoms with Crippen molar-refractivity contribution in [1.29, 1.82) is 0 Å². The van der Waals surface area contributed by atoms with Crippen molar-refractivity contribution in [3.63, 3.8) is 0 Å². The molecule has 0 spiro atoms. The predicted octanol–water partition coefficient (Wildman–Crippen LogP) is 3.27. The fourth-order valence-electron chi connectivity index (χ4n) is 4.56. The zero-order chi connectivity index (χ0) is 28.2. The highest BCUT2D eigenvalue weighted by Crippen LogP contribution is 2.22. The van der Waals surface area contributed by atoms with Crippen LogP contribution in [0, 0.1) is 17.8 Å². The number of aliphatic hydroxyl groups is 1. The Morgan fingerprint density at radius 3 is 1.97 bits per heavy atom. The summed E-state index contributed by atoms with van der Waals surface area (Å²) in [6, 6.07) is 17.5. The number of hydrogen-bond donors (Lipinski definition) is 3. The lowest BCUT2D eigenvalue weighted by Crippen LogP contribution is -2.60. The van der Waals surface area contributed by atoms with Gasteiger partial charge in [0, 0.05) is 5.92 Å². The molecule has 4 N–H and O–H groups in total. The Morgan fingerprint density at radius 1 is 0.921 bits per heavy atom. The van der Waals surface area contributed by atoms with E-state index in [2.05, 4.69) is 5.32 Å². The van der Waals surface area contributed by atoms with Crippen molar-refractivity contribution in [3.05, 3.63) is 71.8 Å². The van der Waals surface area contributed by atoms with Crippen LogP contribution in [0.3, 0.4) is 0 Å². The maximum absolute atomic E-state index is 13.7. The largest absolute Gasteiger partial charge is 0.467 e. The molecule has 0 aliphatic carbocycles. The average molecular weight is 526 g/mol. The van der Waals surface area contributed by atoms with E-state index in [9.17, 15) is 19.5 Å². The van der Waals surface area contributed by atoms with E-state index < -0.39 is 41.9 Å². The molecule has 8 nitrogen and oxygen atoms in total. The Hall–Kier alpha value is -3.23. The van der Waals surface area contributed by atoms with Gasteiger partial charge in [0.15, 0.2) is 0 Å². The number of benzene rings is 2. The first-order valence-corrected chi connectivity index (χ1v) is 13.3. The van der Waals surface area contributed by atoms with Gasteiger partial charge in [-0.25, -0.2) is 10.6 Å². The first-order chi connectivity index (χ1) is 18.0. The third-order valence-electron chi connectivity index (χ3n) is 6.71. The number of aliphatic hydroxyl groups excluding tert-OH is 1. The van der Waals surface area contributed by atoms with Crippen molar-refractivity contribution in [2.75, 3.05) is 7.11 Å². The molecule has 4 atom stereocenters. The summed E-state index contributed by atoms with van der Waals surface area (Å²) in [5, 5.41) is 14.6. The van der Waals surface area contributed by atoms with Crippen molar-refractivity contribution in [2.24, 2.45) is 23.6 Å². The van der Waals surface area contributed by atoms with Gasteiger partial charge < -0.3 is 15.2 Å². The van der Waals surface area contributed by atoms with Gasteiger partial charge in [0.05, 0.1) is 13.2 Å². The highest BCUT2D eigenvalue weighted by Gasteiger charge is 2.37. The molecular weight excluding hydrogens is 482 g/mol. The molecule has 2 amide bonds. The van der Waals surface area contributed by atoms with Crippen LogP contribution in [-0.2, 0) is 32.0 Å². The molecule has 0 aliphatic heterocycles. The second-order valence-electron chi connectivity index (χ2n) is 10.5. The highest BCUT2D eigenvalue weighted by atomic mass is 16.5. The third-order valence-corrected chi connectivity index (χ3v) is 6.71. The Kier molecular flexibility index (Phi) is 12.4. The van der Waals surface area contributed by atoms with Crippen LogP contribution < -0.4 is 11.2 Å². The summed E-state index contributed by atoms with van der Waals surface area (Å²) in [6.45, 7) is 7.18. The number of aryl methyl sites for hydroxylation is 1. The molecule has 0 aliphatic rings. The third kappa shape index (κ3) is 9.26. The molecular formula is C30H43N3O5. The maximum Gasteiger partial charge on any atom is 0.328 e. The molecule has 0 aromatic heterocycles. The Labute approximate surface area is 226 Å². The number of nitrogens with two attached hydrogens (primary N) is 1. The minimum atomic E-state index is -1.01. The van der Waals surface area contributed by atoms with Gasteiger partial charge in [-0.1, -0.05) is 88.4 Å². The number of nitrogens with one attached hydrogen (secondary N) is 1. The van der Waals surface area contributed by atoms with E-state index in [-0.39, 0.29) is 18.3 Å². The number of hydrazine groups is 1. The zero-order valence-corrected chi connectivity index (χ0v) is 23.2. The molecule has 38 heavy (non-hydrogen) atoms. The Balaban J connectivity index is 2.22. The Morgan fingerprint density at radius 2 is 1.47 bits per heavy atom. The monoisotopic (exact) mass is 525 g/mol. The summed E-state index contributed by atoms with van der Waals surface area (Å²) in [7, 11) is 1.26. The van der Waals surface area contributed by atoms with Crippen molar-refractivity contribution in [3.8, 4) is 0 Å². The van der Waals surface area contributed by atoms with Crippen molar-refractivity contribution < 1.29 is 24.2 Å². The second kappa shape index (κ2) is 15.2. The number of rotatable bonds is 14. The maximum atomic E-state index is 13.7. The highest BCUT2D eigenvalue weighted by molar-refractivity contribution is 5.91. The zero-order valence-electron chi connectivity index (χ0n) is 23.2. The van der Waals surface area contributed by atoms with Crippen LogP contribution in [0.1, 0.15) is 51.7 Å². The van der Waals surface area contributed by atoms with Crippen LogP contribution in [0.15, 0.2) is 60.7 Å². The van der Waals surface area contributed by atoms with E-state index in [1.54, 1.807) is 27.7 Å². The topological polar surface area (TPSA) is 122 Å². The molecule has 0 saturated heterocycles. The van der Waals surface area contributed by atoms with Gasteiger partial charge in [-0.3, -0.25) is 14.6 Å². The average Bonchev–Trinajstić information content (AvgIpc) is 2.90. The van der Waals surface area contributed by atoms with Gasteiger partial charge in [0.25, 0.3) is 0 Å². The molecule has 2 aromatic carbocycles. The van der Waals surface area contributed by atoms with Crippen LogP contribution in [0.4, 0.5) is 0 Å². The first kappa shape index (κ1) is 31.0. The molecule has 2 unspecified atom stereocenters. The number of carbonyl (C=O) groups is 3. The standard InChI is InChI=1S/C30H43N3O5/c1-20(2)26(30(37)38-5)32-28(35)27(21(3)4)33(31)29(36)24(18-23-14-10-7-11-15-23)19-25(34)17-16-22-12-8-6-9-13-22/h6-15,20-21,24-27,34H,16-19,31H2,1-5H3,(H,32,35)/t24?,25?,26-,27-/m0/s1. The Bertz CT molecular complexity index is 1010. The number of hydrogen-bond acceptors (Lipinski definition) is 6. The van der Waals surface area contributed by atoms with E-state index in [0.29, 0.717) is 19.3 Å². The summed E-state index contributed by atoms with van der Waals surface area (Å²) >= 11 is 0. The minimum absolute atomic E-state index is 0.206. The summed E-state index contributed by atoms with van der Waals surface area (Å²) in [4.78, 5) is 39.2. The van der Waals surface area contributed by atoms with Crippen LogP contribution in [-0.4, -0.2) is 53.2 Å². The molecule has 208 valence electrons. The molecule has 0 fully saturated rings. The molecule has 0 saturated carbocycles. The summed E-state index contributed by atoms with van der Waals surface area (Å²) < 4.78 is 4.83. The summed E-state index contributed by atoms with van der Waals surface area (Å²) in [5.74, 6) is 3.65. The summed E-state index contributed by atoms with van der Waals surface area (Å²) in [5.41, 5.74) is 2.05. The first-order valence-electron chi connectivity index (χ1n) is 13.3. The SMILES string of the molecule is COC(=O)[C@@H](NC(=O)[C@H](C(C)C)N(N)C(=O)C(Cc1ccccc1)CC(O)CCc1ccccc1)C(C)C. The van der Waals surface area contributed by atoms with Crippen molar-refractivity contribution >= 4 is 17.8 Å². The fourth-order valence-corrected chi connectivity index (χ4v) is 4.56. The lowest BCUT2D eigenvalue weighted by molar-refractivity contribution is -0.150. The number of carbonyl (C=O) groups excluding carboxylic acids is 3. The minimum Gasteiger partial charge on any atom is -0.467 e. The molecule has 2 rings (SSSR count). The van der Waals surface area contributed by atoms with Gasteiger partial charge in [0.1, 0.15) is 12.1 Å². The molecule has 0 bridgehead atoms. The lowest BCUT2D eigenvalue weighted by Gasteiger charge is -2.34. The molecule has 0 radical (unpaired) electrons. The molecule has 2 aromatic rings. The van der Waals surface area contributed by atoms with Gasteiger partial charge in [-0.05, 0) is 48.6 Å². The van der Waals surface area contributed by atoms with Gasteiger partial charge >= 0.3 is 5.97 Å². The number of nitrogens with zero attached hydrogens (tertiary/aromatic N) is 1. The summed E-state index contributed by atoms with van der Waals surface area (Å²) in [6.07, 6.45) is 1.03. The van der Waals surface area contributed by atoms with E-state index in [1.165, 1.54) is 7.11 Å². The van der Waals surface area contributed by atoms with E-state index in [1.807, 2.05) is 60.7 Å². The number of methoxy groups -OCH3 is 1. The quantitative estimate of drug-likeness (QED) is 0.151. The van der Waals surface area contributed by atoms with Crippen LogP contribution in [0.5, 0.6) is 0 Å². The second-order valence-corrected chi connectivity index (χ2v) is 10.5. The van der Waals surface area contributed by atoms with Gasteiger partial charge in [-0.2, -0.15) is 0 Å². The van der Waals surface area contributed by atoms with Crippen molar-refractivity contribution in [2.45, 2.75) is 71.6 Å². The van der Waals surface area contributed by atoms with Crippen LogP contribution in [0.25, 0.3) is 0 Å². The smallest absolute Gasteiger partial charge is 0.328 e. The van der Waals surface area contributed by atoms with Crippen molar-refractivity contribution in [1.82, 2.24) is 10.3 Å². The van der Waals surface area contributed by atoms with Gasteiger partial charge in [-0.15, -0.1) is 0 Å². The molecule has 8 heteroatoms. The lowest BCUT2D eigenvalue weighted by atomic mass is 9.89. The predicted molar refractivity (Wildman–Crippen MR) is 147 cm³/mol. The van der Waals surface area contributed by atoms with Crippen LogP contribution >= 0.6 is 0 Å². The van der Waals surface area contributed by atoms with Gasteiger partial charge in [0.2, 0.25) is 11.8 Å². The van der Waals surface area contributed by atoms with Crippen LogP contribution in [0.2, 0.25) is 0 Å². The number of esters is 1. The fraction of sp³-hybridized carbons (Fsp3) is 0.500. The number of ether oxygens (including phenoxy) is 1. The van der Waals surface area contributed by atoms with E-state index >= 15 is 0 Å². The normalized spacial score (nSPS) is 14.4. The molecule has 0 heterocycles. The number of amides is 2. The van der Waals surface area contributed by atoms with E-state index in [0.717, 1.165) is 16.1 Å². The van der Waals surface area contributed by atoms with E-state index in [4.69, 9.17) is 10.6 Å².